The Hall–Kier alpha value is -13.9. The number of rotatable bonds is 40. The molecule has 0 fully saturated rings. The van der Waals surface area contributed by atoms with Gasteiger partial charge >= 0.3 is 17.9 Å². The van der Waals surface area contributed by atoms with Crippen LogP contribution in [0.5, 0.6) is 34.5 Å². The molecular formula is C118H116O17. The van der Waals surface area contributed by atoms with Crippen molar-refractivity contribution in [2.24, 2.45) is 11.8 Å². The van der Waals surface area contributed by atoms with Crippen molar-refractivity contribution < 1.29 is 80.7 Å². The van der Waals surface area contributed by atoms with Crippen LogP contribution in [0.25, 0.3) is 65.7 Å². The van der Waals surface area contributed by atoms with E-state index in [0.29, 0.717) is 111 Å². The Labute approximate surface area is 791 Å². The van der Waals surface area contributed by atoms with Gasteiger partial charge < -0.3 is 66.3 Å². The molecule has 135 heavy (non-hydrogen) atoms. The molecule has 0 aliphatic heterocycles. The maximum atomic E-state index is 11.2. The van der Waals surface area contributed by atoms with Crippen LogP contribution in [0.15, 0.2) is 328 Å². The van der Waals surface area contributed by atoms with E-state index in [0.717, 1.165) is 63.2 Å². The van der Waals surface area contributed by atoms with Crippen LogP contribution in [-0.2, 0) is 68.5 Å². The maximum absolute atomic E-state index is 11.2. The van der Waals surface area contributed by atoms with E-state index in [1.165, 1.54) is 131 Å². The van der Waals surface area contributed by atoms with Gasteiger partial charge in [-0.15, -0.1) is 0 Å². The van der Waals surface area contributed by atoms with E-state index in [2.05, 4.69) is 286 Å². The fraction of sp³-hybridized carbons (Fsp3) is 0.263. The summed E-state index contributed by atoms with van der Waals surface area (Å²) in [7, 11) is 5.09. The first-order chi connectivity index (χ1) is 66.1. The van der Waals surface area contributed by atoms with Gasteiger partial charge in [-0.1, -0.05) is 232 Å². The van der Waals surface area contributed by atoms with Crippen molar-refractivity contribution in [1.82, 2.24) is 0 Å². The second kappa shape index (κ2) is 44.7. The second-order valence-corrected chi connectivity index (χ2v) is 34.3. The number of benzene rings is 15. The first kappa shape index (κ1) is 94.3. The molecule has 17 nitrogen and oxygen atoms in total. The Morgan fingerprint density at radius 3 is 0.815 bits per heavy atom. The molecule has 15 aromatic carbocycles. The summed E-state index contributed by atoms with van der Waals surface area (Å²) < 4.78 is 78.0. The molecule has 3 aliphatic rings. The van der Waals surface area contributed by atoms with Crippen molar-refractivity contribution in [2.75, 3.05) is 127 Å². The topological polar surface area (TPSA) is 180 Å². The van der Waals surface area contributed by atoms with Crippen LogP contribution in [0.1, 0.15) is 114 Å². The standard InChI is InChI=1S/C40H40O7.C40H40O5.C38H36O5/c1-29(41)45-24-21-44-23-26-47-35-17-13-33(14-18-35)40(32-11-15-34(16-12-32)46-25-22-43-20-19-42-2)38-10-6-5-9-36(38)37-27-30-7-3-4-8-31(30)28-39(37)40;1-27(23-42-4)25-44-34-17-13-32(14-18-34)40(33-15-19-35(20-16-33)45-26-28(2)24-43-29(3)41)38-12-8-7-11-36(38)37-21-30-9-5-6-10-31(30)22-39(37)40;1-27(39)41-22-8-24-43-33-19-15-31(16-20-33)38(30-13-17-32(18-14-30)42-23-7-21-40-2)36-12-6-5-11-34(36)35-25-28-9-3-4-10-29(28)26-37(35)38/h3-18,27-28H,19-26H2,1-2H3;5-22,27-28H,23-26H2,1-4H3;3-6,9-20,25-26H,7-8,21-24H2,1-2H3. The van der Waals surface area contributed by atoms with Crippen LogP contribution in [-0.4, -0.2) is 145 Å². The lowest BCUT2D eigenvalue weighted by atomic mass is 9.67. The van der Waals surface area contributed by atoms with Crippen LogP contribution in [0.4, 0.5) is 0 Å². The minimum atomic E-state index is -0.559. The molecule has 0 bridgehead atoms. The summed E-state index contributed by atoms with van der Waals surface area (Å²) >= 11 is 0. The van der Waals surface area contributed by atoms with E-state index in [-0.39, 0.29) is 30.4 Å². The SMILES string of the molecule is COCC(C)COc1ccc(C2(c3ccc(OCC(C)COC(C)=O)cc3)c3ccccc3-c3cc4ccccc4cc32)cc1.COCCCOc1ccc(C2(c3ccc(OCCCOC(C)=O)cc3)c3ccccc3-c3cc4ccccc4cc32)cc1.COCCOCCOc1ccc(C2(c3ccc(OCCOCCOC(C)=O)cc3)c3ccccc3-c3cc4ccccc4cc32)cc1. The molecule has 0 heterocycles. The quantitative estimate of drug-likeness (QED) is 0.0201. The van der Waals surface area contributed by atoms with Gasteiger partial charge in [-0.25, -0.2) is 0 Å². The van der Waals surface area contributed by atoms with E-state index in [9.17, 15) is 14.4 Å². The minimum absolute atomic E-state index is 0.0833. The molecule has 0 spiro atoms. The molecule has 690 valence electrons. The predicted molar refractivity (Wildman–Crippen MR) is 531 cm³/mol. The lowest BCUT2D eigenvalue weighted by molar-refractivity contribution is -0.143. The van der Waals surface area contributed by atoms with Crippen LogP contribution in [0.2, 0.25) is 0 Å². The molecule has 3 aliphatic carbocycles. The molecule has 15 aromatic rings. The van der Waals surface area contributed by atoms with E-state index in [1.807, 2.05) is 55.5 Å². The van der Waals surface area contributed by atoms with Gasteiger partial charge in [-0.05, 0) is 242 Å². The largest absolute Gasteiger partial charge is 0.494 e. The molecule has 5 unspecified atom stereocenters. The Morgan fingerprint density at radius 2 is 0.496 bits per heavy atom. The lowest BCUT2D eigenvalue weighted by Gasteiger charge is -2.34. The second-order valence-electron chi connectivity index (χ2n) is 34.3. The molecule has 0 amide bonds. The van der Waals surface area contributed by atoms with Crippen molar-refractivity contribution in [1.29, 1.82) is 0 Å². The number of fused-ring (bicyclic) bond motifs is 12. The third-order valence-electron chi connectivity index (χ3n) is 25.1. The molecule has 0 aromatic heterocycles. The fourth-order valence-corrected chi connectivity index (χ4v) is 19.1. The maximum Gasteiger partial charge on any atom is 0.302 e. The van der Waals surface area contributed by atoms with Gasteiger partial charge in [0.25, 0.3) is 0 Å². The zero-order valence-electron chi connectivity index (χ0n) is 78.0. The first-order valence-corrected chi connectivity index (χ1v) is 46.4. The summed E-state index contributed by atoms with van der Waals surface area (Å²) in [5.41, 5.74) is 20.3. The Bertz CT molecular complexity index is 6520. The number of hydrogen-bond donors (Lipinski definition) is 0. The molecule has 0 saturated carbocycles. The van der Waals surface area contributed by atoms with Crippen molar-refractivity contribution >= 4 is 50.2 Å². The van der Waals surface area contributed by atoms with E-state index in [1.54, 1.807) is 21.3 Å². The molecule has 0 saturated heterocycles. The van der Waals surface area contributed by atoms with Gasteiger partial charge in [0.15, 0.2) is 0 Å². The Morgan fingerprint density at radius 1 is 0.230 bits per heavy atom. The average molecular weight is 1810 g/mol. The zero-order chi connectivity index (χ0) is 93.5. The van der Waals surface area contributed by atoms with Crippen LogP contribution in [0.3, 0.4) is 0 Å². The van der Waals surface area contributed by atoms with Gasteiger partial charge in [0.1, 0.15) is 54.3 Å². The summed E-state index contributed by atoms with van der Waals surface area (Å²) in [5.74, 6) is 4.32. The van der Waals surface area contributed by atoms with Crippen molar-refractivity contribution in [3.63, 3.8) is 0 Å². The zero-order valence-corrected chi connectivity index (χ0v) is 78.0. The number of carbonyl (C=O) groups is 3. The minimum Gasteiger partial charge on any atom is -0.494 e. The van der Waals surface area contributed by atoms with Crippen LogP contribution in [0, 0.1) is 11.8 Å². The van der Waals surface area contributed by atoms with E-state index >= 15 is 0 Å². The Balaban J connectivity index is 0.000000147. The van der Waals surface area contributed by atoms with Gasteiger partial charge in [-0.2, -0.15) is 0 Å². The highest BCUT2D eigenvalue weighted by atomic mass is 16.6. The normalized spacial score (nSPS) is 15.5. The number of carbonyl (C=O) groups excluding carboxylic acids is 3. The molecule has 18 rings (SSSR count). The van der Waals surface area contributed by atoms with Gasteiger partial charge in [0.2, 0.25) is 0 Å². The number of methoxy groups -OCH3 is 3. The number of esters is 3. The van der Waals surface area contributed by atoms with Crippen LogP contribution >= 0.6 is 0 Å². The van der Waals surface area contributed by atoms with Crippen molar-refractivity contribution in [3.8, 4) is 67.9 Å². The predicted octanol–water partition coefficient (Wildman–Crippen LogP) is 23.6. The highest BCUT2D eigenvalue weighted by molar-refractivity contribution is 5.99. The third-order valence-corrected chi connectivity index (χ3v) is 25.1. The molecule has 5 atom stereocenters. The summed E-state index contributed by atoms with van der Waals surface area (Å²) in [4.78, 5) is 33.2. The monoisotopic (exact) mass is 1800 g/mol. The summed E-state index contributed by atoms with van der Waals surface area (Å²) in [6, 6.07) is 117. The number of ether oxygens (including phenoxy) is 14. The van der Waals surface area contributed by atoms with Crippen molar-refractivity contribution in [3.05, 3.63) is 394 Å². The van der Waals surface area contributed by atoms with Gasteiger partial charge in [-0.3, -0.25) is 14.4 Å². The fourth-order valence-electron chi connectivity index (χ4n) is 19.1. The average Bonchev–Trinajstić information content (AvgIpc) is 1.55. The summed E-state index contributed by atoms with van der Waals surface area (Å²) in [6.07, 6.45) is 1.48. The van der Waals surface area contributed by atoms with Gasteiger partial charge in [0, 0.05) is 73.4 Å². The van der Waals surface area contributed by atoms with E-state index < -0.39 is 16.2 Å². The van der Waals surface area contributed by atoms with Gasteiger partial charge in [0.05, 0.1) is 95.5 Å². The number of hydrogen-bond acceptors (Lipinski definition) is 17. The van der Waals surface area contributed by atoms with Crippen molar-refractivity contribution in [2.45, 2.75) is 63.7 Å². The lowest BCUT2D eigenvalue weighted by Crippen LogP contribution is -2.28. The van der Waals surface area contributed by atoms with E-state index in [4.69, 9.17) is 66.3 Å². The summed E-state index contributed by atoms with van der Waals surface area (Å²) in [6.45, 7) is 15.9. The first-order valence-electron chi connectivity index (χ1n) is 46.4. The molecular weight excluding hydrogens is 1690 g/mol. The smallest absolute Gasteiger partial charge is 0.302 e. The highest BCUT2D eigenvalue weighted by Gasteiger charge is 2.50. The highest BCUT2D eigenvalue weighted by Crippen LogP contribution is 2.61. The molecule has 0 N–H and O–H groups in total. The summed E-state index contributed by atoms with van der Waals surface area (Å²) in [5, 5.41) is 7.29. The third kappa shape index (κ3) is 21.0. The van der Waals surface area contributed by atoms with Crippen LogP contribution < -0.4 is 28.4 Å². The Kier molecular flexibility index (Phi) is 31.3. The molecule has 0 radical (unpaired) electrons. The molecule has 17 heteroatoms.